The van der Waals surface area contributed by atoms with Crippen LogP contribution in [0.4, 0.5) is 0 Å². The molecule has 2 heterocycles. The third-order valence-electron chi connectivity index (χ3n) is 4.48. The maximum atomic E-state index is 12.6. The molecule has 0 spiro atoms. The molecule has 1 aliphatic heterocycles. The number of halogens is 1. The number of carbonyl (C=O) groups excluding carboxylic acids is 1. The fourth-order valence-electron chi connectivity index (χ4n) is 3.55. The molecular formula is C15H19ClN2O. The summed E-state index contributed by atoms with van der Waals surface area (Å²) in [5, 5.41) is 0.436. The Labute approximate surface area is 119 Å². The van der Waals surface area contributed by atoms with E-state index in [4.69, 9.17) is 11.6 Å². The molecule has 2 fully saturated rings. The van der Waals surface area contributed by atoms with Gasteiger partial charge in [0.15, 0.2) is 0 Å². The zero-order chi connectivity index (χ0) is 13.2. The van der Waals surface area contributed by atoms with Crippen LogP contribution in [0.25, 0.3) is 0 Å². The van der Waals surface area contributed by atoms with Crippen molar-refractivity contribution < 1.29 is 4.79 Å². The number of hydrogen-bond acceptors (Lipinski definition) is 2. The van der Waals surface area contributed by atoms with Gasteiger partial charge in [-0.2, -0.15) is 0 Å². The van der Waals surface area contributed by atoms with Crippen molar-refractivity contribution in [1.82, 2.24) is 9.88 Å². The molecule has 2 aliphatic rings. The highest BCUT2D eigenvalue weighted by atomic mass is 35.5. The molecular weight excluding hydrogens is 260 g/mol. The summed E-state index contributed by atoms with van der Waals surface area (Å²) in [6.45, 7) is 0.891. The lowest BCUT2D eigenvalue weighted by molar-refractivity contribution is 0.0390. The predicted octanol–water partition coefficient (Wildman–Crippen LogP) is 3.53. The fourth-order valence-corrected chi connectivity index (χ4v) is 3.66. The second-order valence-electron chi connectivity index (χ2n) is 5.62. The van der Waals surface area contributed by atoms with Crippen molar-refractivity contribution in [2.75, 3.05) is 6.54 Å². The number of nitrogens with zero attached hydrogens (tertiary/aromatic N) is 2. The van der Waals surface area contributed by atoms with E-state index >= 15 is 0 Å². The van der Waals surface area contributed by atoms with Crippen LogP contribution in [-0.4, -0.2) is 28.4 Å². The van der Waals surface area contributed by atoms with Crippen LogP contribution in [0.2, 0.25) is 5.15 Å². The smallest absolute Gasteiger partial charge is 0.255 e. The summed E-state index contributed by atoms with van der Waals surface area (Å²) in [4.78, 5) is 18.7. The van der Waals surface area contributed by atoms with E-state index in [0.717, 1.165) is 19.4 Å². The normalized spacial score (nSPS) is 26.9. The quantitative estimate of drug-likeness (QED) is 0.736. The van der Waals surface area contributed by atoms with E-state index in [1.54, 1.807) is 18.3 Å². The Morgan fingerprint density at radius 2 is 2.00 bits per heavy atom. The second kappa shape index (κ2) is 5.49. The van der Waals surface area contributed by atoms with Crippen molar-refractivity contribution in [2.24, 2.45) is 5.92 Å². The van der Waals surface area contributed by atoms with Crippen LogP contribution in [0.3, 0.4) is 0 Å². The van der Waals surface area contributed by atoms with Gasteiger partial charge in [-0.3, -0.25) is 4.79 Å². The molecule has 1 amide bonds. The average Bonchev–Trinajstić information content (AvgIpc) is 2.47. The molecule has 1 aromatic heterocycles. The van der Waals surface area contributed by atoms with Crippen LogP contribution in [0.15, 0.2) is 18.3 Å². The van der Waals surface area contributed by atoms with E-state index in [0.29, 0.717) is 22.7 Å². The number of hydrogen-bond donors (Lipinski definition) is 0. The van der Waals surface area contributed by atoms with E-state index in [1.165, 1.54) is 25.7 Å². The summed E-state index contributed by atoms with van der Waals surface area (Å²) < 4.78 is 0. The average molecular weight is 279 g/mol. The third-order valence-corrected chi connectivity index (χ3v) is 4.70. The van der Waals surface area contributed by atoms with Gasteiger partial charge < -0.3 is 4.90 Å². The van der Waals surface area contributed by atoms with Crippen LogP contribution in [0, 0.1) is 5.92 Å². The maximum absolute atomic E-state index is 12.6. The fraction of sp³-hybridized carbons (Fsp3) is 0.600. The molecule has 4 heteroatoms. The minimum absolute atomic E-state index is 0.126. The van der Waals surface area contributed by atoms with E-state index in [2.05, 4.69) is 9.88 Å². The molecule has 102 valence electrons. The number of rotatable bonds is 1. The van der Waals surface area contributed by atoms with Crippen LogP contribution < -0.4 is 0 Å². The Hall–Kier alpha value is -1.09. The molecule has 1 saturated carbocycles. The van der Waals surface area contributed by atoms with E-state index in [-0.39, 0.29) is 5.91 Å². The van der Waals surface area contributed by atoms with Crippen molar-refractivity contribution in [2.45, 2.75) is 44.6 Å². The maximum Gasteiger partial charge on any atom is 0.255 e. The first-order valence-corrected chi connectivity index (χ1v) is 7.56. The van der Waals surface area contributed by atoms with Gasteiger partial charge in [0.1, 0.15) is 5.15 Å². The molecule has 1 saturated heterocycles. The van der Waals surface area contributed by atoms with Crippen molar-refractivity contribution in [3.63, 3.8) is 0 Å². The standard InChI is InChI=1S/C15H19ClN2O/c16-14-8-7-12(10-17-14)15(19)18-9-3-5-11-4-1-2-6-13(11)18/h7-8,10-11,13H,1-6,9H2/t11-,13-/m1/s1. The lowest BCUT2D eigenvalue weighted by Crippen LogP contribution is -2.49. The van der Waals surface area contributed by atoms with Gasteiger partial charge in [-0.05, 0) is 43.7 Å². The number of piperidine rings is 1. The molecule has 19 heavy (non-hydrogen) atoms. The van der Waals surface area contributed by atoms with E-state index in [9.17, 15) is 4.79 Å². The highest BCUT2D eigenvalue weighted by Crippen LogP contribution is 2.35. The van der Waals surface area contributed by atoms with Crippen molar-refractivity contribution in [1.29, 1.82) is 0 Å². The van der Waals surface area contributed by atoms with Crippen LogP contribution in [0.1, 0.15) is 48.9 Å². The minimum Gasteiger partial charge on any atom is -0.335 e. The highest BCUT2D eigenvalue weighted by molar-refractivity contribution is 6.29. The van der Waals surface area contributed by atoms with Gasteiger partial charge in [-0.15, -0.1) is 0 Å². The Balaban J connectivity index is 1.79. The SMILES string of the molecule is O=C(c1ccc(Cl)nc1)N1CCC[C@H]2CCCC[C@H]21. The molecule has 0 bridgehead atoms. The lowest BCUT2D eigenvalue weighted by atomic mass is 9.78. The van der Waals surface area contributed by atoms with Gasteiger partial charge in [0.05, 0.1) is 5.56 Å². The number of fused-ring (bicyclic) bond motifs is 1. The molecule has 0 unspecified atom stereocenters. The zero-order valence-electron chi connectivity index (χ0n) is 11.0. The summed E-state index contributed by atoms with van der Waals surface area (Å²) in [5.41, 5.74) is 0.663. The molecule has 0 N–H and O–H groups in total. The number of carbonyl (C=O) groups is 1. The van der Waals surface area contributed by atoms with Gasteiger partial charge in [-0.25, -0.2) is 4.98 Å². The van der Waals surface area contributed by atoms with Crippen LogP contribution in [0.5, 0.6) is 0 Å². The molecule has 3 nitrogen and oxygen atoms in total. The van der Waals surface area contributed by atoms with Crippen molar-refractivity contribution >= 4 is 17.5 Å². The monoisotopic (exact) mass is 278 g/mol. The predicted molar refractivity (Wildman–Crippen MR) is 75.3 cm³/mol. The highest BCUT2D eigenvalue weighted by Gasteiger charge is 2.35. The number of pyridine rings is 1. The molecule has 1 aromatic rings. The first kappa shape index (κ1) is 12.9. The van der Waals surface area contributed by atoms with E-state index in [1.807, 2.05) is 0 Å². The Morgan fingerprint density at radius 1 is 1.21 bits per heavy atom. The molecule has 0 radical (unpaired) electrons. The van der Waals surface area contributed by atoms with Gasteiger partial charge in [0, 0.05) is 18.8 Å². The molecule has 3 rings (SSSR count). The lowest BCUT2D eigenvalue weighted by Gasteiger charge is -2.44. The van der Waals surface area contributed by atoms with Crippen LogP contribution >= 0.6 is 11.6 Å². The summed E-state index contributed by atoms with van der Waals surface area (Å²) in [7, 11) is 0. The van der Waals surface area contributed by atoms with E-state index < -0.39 is 0 Å². The van der Waals surface area contributed by atoms with Gasteiger partial charge >= 0.3 is 0 Å². The third kappa shape index (κ3) is 2.62. The zero-order valence-corrected chi connectivity index (χ0v) is 11.8. The number of aromatic nitrogens is 1. The Morgan fingerprint density at radius 3 is 2.79 bits per heavy atom. The largest absolute Gasteiger partial charge is 0.335 e. The minimum atomic E-state index is 0.126. The van der Waals surface area contributed by atoms with Crippen molar-refractivity contribution in [3.05, 3.63) is 29.0 Å². The molecule has 1 aliphatic carbocycles. The topological polar surface area (TPSA) is 33.2 Å². The summed E-state index contributed by atoms with van der Waals surface area (Å²) in [6, 6.07) is 3.92. The Bertz CT molecular complexity index is 458. The summed E-state index contributed by atoms with van der Waals surface area (Å²) in [5.74, 6) is 0.840. The van der Waals surface area contributed by atoms with Gasteiger partial charge in [0.2, 0.25) is 0 Å². The number of likely N-dealkylation sites (tertiary alicyclic amines) is 1. The second-order valence-corrected chi connectivity index (χ2v) is 6.01. The Kier molecular flexibility index (Phi) is 3.74. The first-order chi connectivity index (χ1) is 9.25. The van der Waals surface area contributed by atoms with Crippen molar-refractivity contribution in [3.8, 4) is 0 Å². The summed E-state index contributed by atoms with van der Waals surface area (Å²) >= 11 is 5.78. The van der Waals surface area contributed by atoms with Crippen LogP contribution in [-0.2, 0) is 0 Å². The summed E-state index contributed by atoms with van der Waals surface area (Å²) in [6.07, 6.45) is 9.04. The van der Waals surface area contributed by atoms with Gasteiger partial charge in [-0.1, -0.05) is 24.4 Å². The first-order valence-electron chi connectivity index (χ1n) is 7.18. The molecule has 0 aromatic carbocycles. The number of amides is 1. The van der Waals surface area contributed by atoms with Gasteiger partial charge in [0.25, 0.3) is 5.91 Å². The molecule has 2 atom stereocenters.